The smallest absolute Gasteiger partial charge is 0.410 e. The highest BCUT2D eigenvalue weighted by Gasteiger charge is 2.33. The van der Waals surface area contributed by atoms with Crippen molar-refractivity contribution in [3.05, 3.63) is 29.2 Å². The van der Waals surface area contributed by atoms with Gasteiger partial charge >= 0.3 is 6.09 Å². The van der Waals surface area contributed by atoms with Gasteiger partial charge in [-0.25, -0.2) is 9.78 Å². The number of fused-ring (bicyclic) bond motifs is 1. The molecule has 0 aromatic carbocycles. The molecule has 3 aromatic rings. The van der Waals surface area contributed by atoms with E-state index in [0.717, 1.165) is 52.9 Å². The summed E-state index contributed by atoms with van der Waals surface area (Å²) in [4.78, 5) is 24.7. The molecule has 0 spiro atoms. The van der Waals surface area contributed by atoms with E-state index in [2.05, 4.69) is 40.1 Å². The van der Waals surface area contributed by atoms with Gasteiger partial charge in [0.25, 0.3) is 0 Å². The van der Waals surface area contributed by atoms with E-state index in [1.807, 2.05) is 38.7 Å². The van der Waals surface area contributed by atoms with Crippen LogP contribution in [-0.4, -0.2) is 63.3 Å². The summed E-state index contributed by atoms with van der Waals surface area (Å²) in [6.07, 6.45) is 6.13. The largest absolute Gasteiger partial charge is 0.444 e. The predicted octanol–water partition coefficient (Wildman–Crippen LogP) is 6.93. The van der Waals surface area contributed by atoms with Crippen molar-refractivity contribution in [2.75, 3.05) is 25.0 Å². The molecule has 0 radical (unpaired) electrons. The molecule has 4 heterocycles. The highest BCUT2D eigenvalue weighted by atomic mass is 32.1. The summed E-state index contributed by atoms with van der Waals surface area (Å²) in [6.45, 7) is 17.5. The molecule has 11 heteroatoms. The second-order valence-electron chi connectivity index (χ2n) is 13.6. The first-order chi connectivity index (χ1) is 18.8. The lowest BCUT2D eigenvalue weighted by atomic mass is 9.99. The lowest BCUT2D eigenvalue weighted by Crippen LogP contribution is -2.35. The summed E-state index contributed by atoms with van der Waals surface area (Å²) in [5.41, 5.74) is 3.78. The number of carbonyl (C=O) groups excluding carboxylic acids is 1. The van der Waals surface area contributed by atoms with Crippen LogP contribution in [0.4, 0.5) is 15.7 Å². The van der Waals surface area contributed by atoms with Gasteiger partial charge in [0, 0.05) is 39.4 Å². The number of aromatic nitrogens is 4. The lowest BCUT2D eigenvalue weighted by molar-refractivity contribution is 0.0288. The molecule has 1 saturated carbocycles. The molecule has 1 saturated heterocycles. The van der Waals surface area contributed by atoms with E-state index < -0.39 is 13.7 Å². The van der Waals surface area contributed by atoms with Crippen LogP contribution in [0.15, 0.2) is 12.3 Å². The van der Waals surface area contributed by atoms with Crippen LogP contribution in [0.1, 0.15) is 62.9 Å². The van der Waals surface area contributed by atoms with Crippen LogP contribution in [0, 0.1) is 12.8 Å². The standard InChI is InChI=1S/C29H44N6O3SSi/c1-19-14-24(39-33-19)31-27-30-23(15-20-10-11-34(16-20)28(36)38-29(2,3)4)25-22(21-8-9-21)17-35(26(25)32-27)18-37-12-13-40(5,6)7/h14,17,20-21H,8-13,15-16,18H2,1-7H3,(H,30,31,32). The van der Waals surface area contributed by atoms with Crippen molar-refractivity contribution in [1.29, 1.82) is 0 Å². The van der Waals surface area contributed by atoms with E-state index in [4.69, 9.17) is 19.4 Å². The Morgan fingerprint density at radius 2 is 1.98 bits per heavy atom. The molecule has 218 valence electrons. The molecule has 1 aliphatic carbocycles. The lowest BCUT2D eigenvalue weighted by Gasteiger charge is -2.24. The topological polar surface area (TPSA) is 94.4 Å². The zero-order chi connectivity index (χ0) is 28.7. The van der Waals surface area contributed by atoms with Crippen LogP contribution < -0.4 is 5.32 Å². The zero-order valence-corrected chi connectivity index (χ0v) is 26.9. The van der Waals surface area contributed by atoms with Crippen LogP contribution >= 0.6 is 11.5 Å². The van der Waals surface area contributed by atoms with Crippen molar-refractivity contribution in [3.8, 4) is 0 Å². The Labute approximate surface area is 242 Å². The second kappa shape index (κ2) is 11.4. The highest BCUT2D eigenvalue weighted by molar-refractivity contribution is 7.10. The third-order valence-electron chi connectivity index (χ3n) is 7.35. The van der Waals surface area contributed by atoms with Gasteiger partial charge in [-0.2, -0.15) is 9.36 Å². The molecule has 2 aliphatic rings. The molecule has 40 heavy (non-hydrogen) atoms. The van der Waals surface area contributed by atoms with Gasteiger partial charge in [-0.3, -0.25) is 0 Å². The number of ether oxygens (including phenoxy) is 2. The molecule has 5 rings (SSSR count). The van der Waals surface area contributed by atoms with Gasteiger partial charge in [0.1, 0.15) is 23.0 Å². The number of hydrogen-bond donors (Lipinski definition) is 1. The van der Waals surface area contributed by atoms with Crippen molar-refractivity contribution in [2.24, 2.45) is 5.92 Å². The van der Waals surface area contributed by atoms with Crippen molar-refractivity contribution >= 4 is 47.7 Å². The maximum atomic E-state index is 12.7. The minimum atomic E-state index is -1.17. The van der Waals surface area contributed by atoms with Gasteiger partial charge in [0.15, 0.2) is 0 Å². The zero-order valence-electron chi connectivity index (χ0n) is 25.0. The number of aryl methyl sites for hydroxylation is 1. The first kappa shape index (κ1) is 29.0. The number of rotatable bonds is 10. The Morgan fingerprint density at radius 1 is 1.20 bits per heavy atom. The molecule has 3 aromatic heterocycles. The maximum absolute atomic E-state index is 12.7. The fourth-order valence-electron chi connectivity index (χ4n) is 5.14. The fraction of sp³-hybridized carbons (Fsp3) is 0.655. The fourth-order valence-corrected chi connectivity index (χ4v) is 6.55. The maximum Gasteiger partial charge on any atom is 0.410 e. The number of anilines is 2. The first-order valence-electron chi connectivity index (χ1n) is 14.5. The van der Waals surface area contributed by atoms with Crippen LogP contribution in [0.2, 0.25) is 25.7 Å². The van der Waals surface area contributed by atoms with Gasteiger partial charge in [-0.1, -0.05) is 19.6 Å². The average molecular weight is 585 g/mol. The predicted molar refractivity (Wildman–Crippen MR) is 163 cm³/mol. The van der Waals surface area contributed by atoms with Gasteiger partial charge in [-0.05, 0) is 94.4 Å². The van der Waals surface area contributed by atoms with Crippen molar-refractivity contribution in [1.82, 2.24) is 23.8 Å². The Hall–Kier alpha value is -2.50. The second-order valence-corrected chi connectivity index (χ2v) is 20.0. The highest BCUT2D eigenvalue weighted by Crippen LogP contribution is 2.45. The first-order valence-corrected chi connectivity index (χ1v) is 19.0. The van der Waals surface area contributed by atoms with E-state index in [1.54, 1.807) is 0 Å². The molecule has 0 bridgehead atoms. The van der Waals surface area contributed by atoms with Crippen molar-refractivity contribution in [3.63, 3.8) is 0 Å². The molecular weight excluding hydrogens is 541 g/mol. The van der Waals surface area contributed by atoms with Crippen molar-refractivity contribution in [2.45, 2.75) is 97.3 Å². The number of hydrogen-bond acceptors (Lipinski definition) is 8. The third-order valence-corrected chi connectivity index (χ3v) is 9.85. The summed E-state index contributed by atoms with van der Waals surface area (Å²) < 4.78 is 18.4. The average Bonchev–Trinajstić information content (AvgIpc) is 3.25. The normalized spacial score (nSPS) is 18.1. The quantitative estimate of drug-likeness (QED) is 0.204. The molecule has 1 atom stereocenters. The summed E-state index contributed by atoms with van der Waals surface area (Å²) in [7, 11) is -1.17. The number of likely N-dealkylation sites (tertiary alicyclic amines) is 1. The monoisotopic (exact) mass is 584 g/mol. The summed E-state index contributed by atoms with van der Waals surface area (Å²) >= 11 is 1.41. The van der Waals surface area contributed by atoms with Gasteiger partial charge in [-0.15, -0.1) is 0 Å². The number of nitrogens with zero attached hydrogens (tertiary/aromatic N) is 5. The van der Waals surface area contributed by atoms with E-state index in [0.29, 0.717) is 37.6 Å². The van der Waals surface area contributed by atoms with Gasteiger partial charge in [0.2, 0.25) is 5.95 Å². The summed E-state index contributed by atoms with van der Waals surface area (Å²) in [5, 5.41) is 5.49. The van der Waals surface area contributed by atoms with E-state index in [1.165, 1.54) is 29.9 Å². The Balaban J connectivity index is 1.43. The van der Waals surface area contributed by atoms with Crippen LogP contribution in [0.25, 0.3) is 11.0 Å². The van der Waals surface area contributed by atoms with E-state index >= 15 is 0 Å². The van der Waals surface area contributed by atoms with Crippen molar-refractivity contribution < 1.29 is 14.3 Å². The molecule has 1 aliphatic heterocycles. The van der Waals surface area contributed by atoms with E-state index in [9.17, 15) is 4.79 Å². The molecule has 1 N–H and O–H groups in total. The molecule has 1 amide bonds. The SMILES string of the molecule is Cc1cc(Nc2nc(CC3CCN(C(=O)OC(C)(C)C)C3)c3c(C4CC4)cn(COCC[Si](C)(C)C)c3n2)sn1. The van der Waals surface area contributed by atoms with Gasteiger partial charge < -0.3 is 24.3 Å². The minimum absolute atomic E-state index is 0.231. The number of nitrogens with one attached hydrogen (secondary N) is 1. The van der Waals surface area contributed by atoms with E-state index in [-0.39, 0.29) is 6.09 Å². The molecule has 2 fully saturated rings. The molecule has 1 unspecified atom stereocenters. The molecule has 9 nitrogen and oxygen atoms in total. The van der Waals surface area contributed by atoms with Crippen LogP contribution in [0.5, 0.6) is 0 Å². The van der Waals surface area contributed by atoms with Crippen LogP contribution in [0.3, 0.4) is 0 Å². The number of carbonyl (C=O) groups is 1. The Bertz CT molecular complexity index is 1350. The Morgan fingerprint density at radius 3 is 2.62 bits per heavy atom. The third kappa shape index (κ3) is 7.41. The summed E-state index contributed by atoms with van der Waals surface area (Å²) in [5.74, 6) is 1.45. The minimum Gasteiger partial charge on any atom is -0.444 e. The van der Waals surface area contributed by atoms with Crippen LogP contribution in [-0.2, 0) is 22.6 Å². The summed E-state index contributed by atoms with van der Waals surface area (Å²) in [6, 6.07) is 3.15. The number of amides is 1. The Kier molecular flexibility index (Phi) is 8.27. The van der Waals surface area contributed by atoms with Gasteiger partial charge in [0.05, 0.1) is 11.4 Å². The molecular formula is C29H44N6O3SSi.